The van der Waals surface area contributed by atoms with Gasteiger partial charge >= 0.3 is 0 Å². The van der Waals surface area contributed by atoms with Crippen molar-refractivity contribution in [2.45, 2.75) is 30.6 Å². The number of hydrogen-bond acceptors (Lipinski definition) is 5. The number of para-hydroxylation sites is 2. The van der Waals surface area contributed by atoms with E-state index in [-0.39, 0.29) is 9.79 Å². The first kappa shape index (κ1) is 29.1. The number of nitrogens with one attached hydrogen (secondary N) is 2. The molecule has 0 aliphatic carbocycles. The Morgan fingerprint density at radius 1 is 0.725 bits per heavy atom. The van der Waals surface area contributed by atoms with Crippen molar-refractivity contribution in [2.24, 2.45) is 0 Å². The molecule has 11 heteroatoms. The molecular weight excluding hydrogens is 570 g/mol. The summed E-state index contributed by atoms with van der Waals surface area (Å²) in [5.41, 5.74) is 3.42. The van der Waals surface area contributed by atoms with Crippen LogP contribution < -0.4 is 14.3 Å². The van der Waals surface area contributed by atoms with Crippen molar-refractivity contribution in [3.05, 3.63) is 113 Å². The lowest BCUT2D eigenvalue weighted by Gasteiger charge is -2.25. The van der Waals surface area contributed by atoms with Crippen molar-refractivity contribution in [3.63, 3.8) is 0 Å². The van der Waals surface area contributed by atoms with E-state index in [0.717, 1.165) is 15.4 Å². The maximum atomic E-state index is 13.6. The monoisotopic (exact) mass is 597 g/mol. The fourth-order valence-electron chi connectivity index (χ4n) is 4.09. The van der Waals surface area contributed by atoms with Crippen LogP contribution in [0.1, 0.15) is 16.7 Å². The van der Waals surface area contributed by atoms with Crippen molar-refractivity contribution in [3.8, 4) is 0 Å². The molecule has 0 atom stereocenters. The first-order chi connectivity index (χ1) is 18.9. The van der Waals surface area contributed by atoms with E-state index in [1.807, 2.05) is 32.0 Å². The van der Waals surface area contributed by atoms with Crippen LogP contribution in [0.5, 0.6) is 0 Å². The van der Waals surface area contributed by atoms with E-state index >= 15 is 0 Å². The van der Waals surface area contributed by atoms with Crippen LogP contribution in [0.4, 0.5) is 17.1 Å². The average Bonchev–Trinajstić information content (AvgIpc) is 2.90. The van der Waals surface area contributed by atoms with Crippen molar-refractivity contribution in [2.75, 3.05) is 20.9 Å². The second kappa shape index (κ2) is 11.7. The number of anilines is 3. The molecule has 0 spiro atoms. The van der Waals surface area contributed by atoms with Crippen molar-refractivity contribution in [1.29, 1.82) is 0 Å². The lowest BCUT2D eigenvalue weighted by Crippen LogP contribution is -2.38. The molecule has 4 aromatic rings. The molecule has 0 aliphatic rings. The van der Waals surface area contributed by atoms with Crippen LogP contribution in [0.2, 0.25) is 5.02 Å². The summed E-state index contributed by atoms with van der Waals surface area (Å²) in [5.74, 6) is -0.606. The standard InChI is InChI=1S/C29H28ClN3O5S2/c1-20-7-4-5-10-27(20)33(40(37,38)26-15-11-23(30)12-16-26)19-28(34)31-24-13-17-25(18-14-24)39(35,36)32-29-21(2)8-6-9-22(29)3/h4-18,32H,19H2,1-3H3,(H,31,34). The SMILES string of the molecule is Cc1ccccc1N(CC(=O)Nc1ccc(S(=O)(=O)Nc2c(C)cccc2C)cc1)S(=O)(=O)c1ccc(Cl)cc1. The molecule has 0 fully saturated rings. The number of amides is 1. The summed E-state index contributed by atoms with van der Waals surface area (Å²) in [4.78, 5) is 13.1. The molecule has 208 valence electrons. The van der Waals surface area contributed by atoms with Crippen molar-refractivity contribution >= 4 is 54.6 Å². The van der Waals surface area contributed by atoms with Crippen LogP contribution in [-0.2, 0) is 24.8 Å². The molecule has 0 heterocycles. The number of sulfonamides is 2. The molecule has 4 aromatic carbocycles. The van der Waals surface area contributed by atoms with Crippen LogP contribution in [0, 0.1) is 20.8 Å². The molecule has 1 amide bonds. The van der Waals surface area contributed by atoms with E-state index in [4.69, 9.17) is 11.6 Å². The lowest BCUT2D eigenvalue weighted by molar-refractivity contribution is -0.114. The van der Waals surface area contributed by atoms with Gasteiger partial charge in [0.25, 0.3) is 20.0 Å². The summed E-state index contributed by atoms with van der Waals surface area (Å²) in [6.07, 6.45) is 0. The van der Waals surface area contributed by atoms with Crippen LogP contribution in [0.3, 0.4) is 0 Å². The van der Waals surface area contributed by atoms with E-state index in [1.165, 1.54) is 48.5 Å². The number of benzene rings is 4. The maximum absolute atomic E-state index is 13.6. The minimum absolute atomic E-state index is 0.0139. The van der Waals surface area contributed by atoms with Gasteiger partial charge in [-0.1, -0.05) is 48.0 Å². The fourth-order valence-corrected chi connectivity index (χ4v) is 6.91. The van der Waals surface area contributed by atoms with Gasteiger partial charge in [0.2, 0.25) is 5.91 Å². The molecule has 2 N–H and O–H groups in total. The van der Waals surface area contributed by atoms with Gasteiger partial charge in [-0.25, -0.2) is 16.8 Å². The highest BCUT2D eigenvalue weighted by molar-refractivity contribution is 7.93. The zero-order valence-corrected chi connectivity index (χ0v) is 24.4. The summed E-state index contributed by atoms with van der Waals surface area (Å²) in [5, 5.41) is 3.04. The maximum Gasteiger partial charge on any atom is 0.264 e. The minimum Gasteiger partial charge on any atom is -0.325 e. The van der Waals surface area contributed by atoms with Crippen LogP contribution in [0.25, 0.3) is 0 Å². The second-order valence-electron chi connectivity index (χ2n) is 9.20. The minimum atomic E-state index is -4.12. The van der Waals surface area contributed by atoms with E-state index in [0.29, 0.717) is 27.6 Å². The van der Waals surface area contributed by atoms with Crippen molar-refractivity contribution in [1.82, 2.24) is 0 Å². The third-order valence-electron chi connectivity index (χ3n) is 6.24. The number of rotatable bonds is 9. The molecule has 40 heavy (non-hydrogen) atoms. The normalized spacial score (nSPS) is 11.6. The average molecular weight is 598 g/mol. The Morgan fingerprint density at radius 3 is 1.88 bits per heavy atom. The van der Waals surface area contributed by atoms with Gasteiger partial charge in [-0.05, 0) is 92.1 Å². The highest BCUT2D eigenvalue weighted by Gasteiger charge is 2.28. The summed E-state index contributed by atoms with van der Waals surface area (Å²) in [7, 11) is -7.99. The number of carbonyl (C=O) groups is 1. The van der Waals surface area contributed by atoms with Crippen LogP contribution >= 0.6 is 11.6 Å². The predicted molar refractivity (Wildman–Crippen MR) is 159 cm³/mol. The Hall–Kier alpha value is -3.86. The Labute approximate surface area is 239 Å². The predicted octanol–water partition coefficient (Wildman–Crippen LogP) is 5.90. The number of nitrogens with zero attached hydrogens (tertiary/aromatic N) is 1. The molecule has 4 rings (SSSR count). The number of hydrogen-bond donors (Lipinski definition) is 2. The zero-order chi connectivity index (χ0) is 29.1. The van der Waals surface area contributed by atoms with Crippen molar-refractivity contribution < 1.29 is 21.6 Å². The fraction of sp³-hybridized carbons (Fsp3) is 0.138. The molecule has 0 saturated carbocycles. The Bertz CT molecular complexity index is 1740. The molecule has 8 nitrogen and oxygen atoms in total. The summed E-state index contributed by atoms with van der Waals surface area (Å²) >= 11 is 5.94. The van der Waals surface area contributed by atoms with E-state index in [1.54, 1.807) is 31.2 Å². The van der Waals surface area contributed by atoms with Gasteiger partial charge in [0, 0.05) is 10.7 Å². The van der Waals surface area contributed by atoms with Gasteiger partial charge in [0.15, 0.2) is 0 Å². The topological polar surface area (TPSA) is 113 Å². The highest BCUT2D eigenvalue weighted by Crippen LogP contribution is 2.28. The summed E-state index contributed by atoms with van der Waals surface area (Å²) in [6, 6.07) is 23.7. The summed E-state index contributed by atoms with van der Waals surface area (Å²) in [6.45, 7) is 4.88. The first-order valence-electron chi connectivity index (χ1n) is 12.2. The number of halogens is 1. The second-order valence-corrected chi connectivity index (χ2v) is 13.2. The third-order valence-corrected chi connectivity index (χ3v) is 9.63. The van der Waals surface area contributed by atoms with Gasteiger partial charge in [0.05, 0.1) is 21.2 Å². The molecule has 0 aromatic heterocycles. The van der Waals surface area contributed by atoms with Gasteiger partial charge < -0.3 is 5.32 Å². The molecule has 0 saturated heterocycles. The van der Waals surface area contributed by atoms with E-state index in [9.17, 15) is 21.6 Å². The smallest absolute Gasteiger partial charge is 0.264 e. The quantitative estimate of drug-likeness (QED) is 0.249. The third kappa shape index (κ3) is 6.47. The van der Waals surface area contributed by atoms with Crippen LogP contribution in [-0.4, -0.2) is 29.3 Å². The van der Waals surface area contributed by atoms with Crippen LogP contribution in [0.15, 0.2) is 101 Å². The van der Waals surface area contributed by atoms with E-state index in [2.05, 4.69) is 10.0 Å². The molecular formula is C29H28ClN3O5S2. The van der Waals surface area contributed by atoms with Gasteiger partial charge in [-0.15, -0.1) is 0 Å². The molecule has 0 bridgehead atoms. The lowest BCUT2D eigenvalue weighted by atomic mass is 10.1. The Kier molecular flexibility index (Phi) is 8.53. The molecule has 0 aliphatic heterocycles. The van der Waals surface area contributed by atoms with Gasteiger partial charge in [0.1, 0.15) is 6.54 Å². The summed E-state index contributed by atoms with van der Waals surface area (Å²) < 4.78 is 56.7. The number of aryl methyl sites for hydroxylation is 3. The van der Waals surface area contributed by atoms with E-state index < -0.39 is 32.5 Å². The Balaban J connectivity index is 1.55. The van der Waals surface area contributed by atoms with Gasteiger partial charge in [-0.2, -0.15) is 0 Å². The zero-order valence-electron chi connectivity index (χ0n) is 22.1. The Morgan fingerprint density at radius 2 is 1.27 bits per heavy atom. The number of carbonyl (C=O) groups excluding carboxylic acids is 1. The largest absolute Gasteiger partial charge is 0.325 e. The van der Waals surface area contributed by atoms with Gasteiger partial charge in [-0.3, -0.25) is 13.8 Å². The molecule has 0 radical (unpaired) electrons. The first-order valence-corrected chi connectivity index (χ1v) is 15.5. The molecule has 0 unspecified atom stereocenters. The highest BCUT2D eigenvalue weighted by atomic mass is 35.5.